The molecule has 31 heavy (non-hydrogen) atoms. The summed E-state index contributed by atoms with van der Waals surface area (Å²) in [7, 11) is 2.95. The van der Waals surface area contributed by atoms with Crippen molar-refractivity contribution >= 4 is 11.6 Å². The van der Waals surface area contributed by atoms with Crippen molar-refractivity contribution in [2.24, 2.45) is 0 Å². The Morgan fingerprint density at radius 3 is 2.16 bits per heavy atom. The fourth-order valence-electron chi connectivity index (χ4n) is 3.19. The van der Waals surface area contributed by atoms with Gasteiger partial charge < -0.3 is 29.5 Å². The van der Waals surface area contributed by atoms with Crippen LogP contribution in [0.25, 0.3) is 22.3 Å². The highest BCUT2D eigenvalue weighted by Crippen LogP contribution is 2.50. The second-order valence-electron chi connectivity index (χ2n) is 6.55. The molecule has 7 heteroatoms. The van der Waals surface area contributed by atoms with Crippen LogP contribution in [-0.2, 0) is 0 Å². The Labute approximate surface area is 185 Å². The lowest BCUT2D eigenvalue weighted by Crippen LogP contribution is -1.97. The van der Waals surface area contributed by atoms with Gasteiger partial charge in [-0.3, -0.25) is 0 Å². The molecule has 0 bridgehead atoms. The minimum atomic E-state index is -0.136. The molecule has 0 radical (unpaired) electrons. The maximum atomic E-state index is 11.0. The quantitative estimate of drug-likeness (QED) is 0.323. The van der Waals surface area contributed by atoms with Gasteiger partial charge in [0.1, 0.15) is 18.1 Å². The molecule has 0 aliphatic carbocycles. The number of rotatable bonds is 8. The van der Waals surface area contributed by atoms with Crippen LogP contribution >= 0.6 is 11.6 Å². The predicted molar refractivity (Wildman–Crippen MR) is 121 cm³/mol. The Bertz CT molecular complexity index is 1080. The Morgan fingerprint density at radius 1 is 0.839 bits per heavy atom. The van der Waals surface area contributed by atoms with Gasteiger partial charge in [-0.05, 0) is 41.5 Å². The summed E-state index contributed by atoms with van der Waals surface area (Å²) in [6, 6.07) is 13.0. The number of hydrogen-bond donors (Lipinski definition) is 3. The van der Waals surface area contributed by atoms with Gasteiger partial charge in [-0.15, -0.1) is 11.6 Å². The average molecular weight is 443 g/mol. The van der Waals surface area contributed by atoms with E-state index in [-0.39, 0.29) is 29.6 Å². The summed E-state index contributed by atoms with van der Waals surface area (Å²) in [5.74, 6) is 1.23. The lowest BCUT2D eigenvalue weighted by molar-refractivity contribution is 0.336. The van der Waals surface area contributed by atoms with E-state index in [0.717, 1.165) is 5.56 Å². The molecular formula is C24H23ClO6. The molecule has 6 nitrogen and oxygen atoms in total. The fourth-order valence-corrected chi connectivity index (χ4v) is 3.32. The molecule has 0 atom stereocenters. The van der Waals surface area contributed by atoms with Crippen molar-refractivity contribution in [3.63, 3.8) is 0 Å². The number of phenolic OH excluding ortho intramolecular Hbond substituents is 3. The number of ether oxygens (including phenoxy) is 3. The van der Waals surface area contributed by atoms with E-state index < -0.39 is 0 Å². The van der Waals surface area contributed by atoms with E-state index in [1.54, 1.807) is 54.6 Å². The number of halogens is 1. The van der Waals surface area contributed by atoms with Crippen molar-refractivity contribution in [1.82, 2.24) is 0 Å². The summed E-state index contributed by atoms with van der Waals surface area (Å²) in [5.41, 5.74) is 2.21. The van der Waals surface area contributed by atoms with Crippen molar-refractivity contribution in [3.8, 4) is 56.8 Å². The lowest BCUT2D eigenvalue weighted by Gasteiger charge is -2.18. The molecule has 0 saturated heterocycles. The number of hydrogen-bond acceptors (Lipinski definition) is 6. The molecule has 0 fully saturated rings. The van der Waals surface area contributed by atoms with Crippen LogP contribution in [-0.4, -0.2) is 42.0 Å². The zero-order valence-corrected chi connectivity index (χ0v) is 17.9. The highest BCUT2D eigenvalue weighted by Gasteiger charge is 2.22. The van der Waals surface area contributed by atoms with Gasteiger partial charge in [-0.1, -0.05) is 30.4 Å². The largest absolute Gasteiger partial charge is 0.508 e. The number of phenols is 3. The van der Waals surface area contributed by atoms with Crippen LogP contribution in [0.4, 0.5) is 0 Å². The first-order valence-corrected chi connectivity index (χ1v) is 9.98. The van der Waals surface area contributed by atoms with E-state index in [4.69, 9.17) is 25.8 Å². The van der Waals surface area contributed by atoms with Gasteiger partial charge in [0.25, 0.3) is 0 Å². The van der Waals surface area contributed by atoms with Crippen LogP contribution in [0, 0.1) is 0 Å². The predicted octanol–water partition coefficient (Wildman–Crippen LogP) is 5.33. The van der Waals surface area contributed by atoms with Crippen LogP contribution in [0.1, 0.15) is 0 Å². The summed E-state index contributed by atoms with van der Waals surface area (Å²) >= 11 is 5.58. The lowest BCUT2D eigenvalue weighted by atomic mass is 9.96. The zero-order valence-electron chi connectivity index (χ0n) is 17.1. The number of methoxy groups -OCH3 is 2. The van der Waals surface area contributed by atoms with Crippen molar-refractivity contribution in [2.45, 2.75) is 0 Å². The third kappa shape index (κ3) is 4.81. The molecule has 0 aliphatic rings. The smallest absolute Gasteiger partial charge is 0.170 e. The Hall–Kier alpha value is -3.51. The van der Waals surface area contributed by atoms with Gasteiger partial charge in [-0.2, -0.15) is 0 Å². The molecule has 0 spiro atoms. The number of benzene rings is 3. The summed E-state index contributed by atoms with van der Waals surface area (Å²) in [5, 5.41) is 31.0. The Kier molecular flexibility index (Phi) is 7.15. The normalized spacial score (nSPS) is 10.9. The van der Waals surface area contributed by atoms with Gasteiger partial charge in [0.05, 0.1) is 19.8 Å². The van der Waals surface area contributed by atoms with E-state index in [1.807, 2.05) is 0 Å². The molecule has 3 aromatic carbocycles. The molecule has 0 aromatic heterocycles. The molecule has 0 saturated carbocycles. The summed E-state index contributed by atoms with van der Waals surface area (Å²) < 4.78 is 16.5. The fraction of sp³-hybridized carbons (Fsp3) is 0.167. The first kappa shape index (κ1) is 22.2. The van der Waals surface area contributed by atoms with Gasteiger partial charge in [0.2, 0.25) is 0 Å². The molecule has 3 rings (SSSR count). The highest BCUT2D eigenvalue weighted by atomic mass is 35.5. The van der Waals surface area contributed by atoms with Crippen molar-refractivity contribution in [1.29, 1.82) is 0 Å². The second-order valence-corrected chi connectivity index (χ2v) is 6.86. The SMILES string of the molecule is COc1cc(-c2ccc(O)cc2)c(OC)c(O)c1-c1ccc(OC/C=C/CCl)c(O)c1. The van der Waals surface area contributed by atoms with E-state index in [9.17, 15) is 15.3 Å². The van der Waals surface area contributed by atoms with Gasteiger partial charge in [0.15, 0.2) is 23.0 Å². The summed E-state index contributed by atoms with van der Waals surface area (Å²) in [6.07, 6.45) is 3.50. The highest BCUT2D eigenvalue weighted by molar-refractivity contribution is 6.18. The molecule has 0 aliphatic heterocycles. The molecule has 162 valence electrons. The number of alkyl halides is 1. The van der Waals surface area contributed by atoms with Crippen molar-refractivity contribution < 1.29 is 29.5 Å². The second kappa shape index (κ2) is 10.00. The first-order chi connectivity index (χ1) is 15.0. The molecule has 0 amide bonds. The summed E-state index contributed by atoms with van der Waals surface area (Å²) in [4.78, 5) is 0. The molecule has 3 aromatic rings. The minimum absolute atomic E-state index is 0.0835. The van der Waals surface area contributed by atoms with Gasteiger partial charge in [0, 0.05) is 11.4 Å². The average Bonchev–Trinajstić information content (AvgIpc) is 2.77. The number of aromatic hydroxyl groups is 3. The van der Waals surface area contributed by atoms with Crippen LogP contribution in [0.3, 0.4) is 0 Å². The third-order valence-electron chi connectivity index (χ3n) is 4.66. The van der Waals surface area contributed by atoms with Crippen LogP contribution in [0.15, 0.2) is 60.7 Å². The van der Waals surface area contributed by atoms with Crippen LogP contribution in [0.2, 0.25) is 0 Å². The molecular weight excluding hydrogens is 420 g/mol. The molecule has 3 N–H and O–H groups in total. The topological polar surface area (TPSA) is 88.4 Å². The van der Waals surface area contributed by atoms with E-state index in [2.05, 4.69) is 0 Å². The molecule has 0 unspecified atom stereocenters. The standard InChI is InChI=1S/C24H23ClO6/c1-29-21-14-18(15-5-8-17(26)9-6-15)24(30-2)23(28)22(21)16-7-10-20(19(27)13-16)31-12-4-3-11-25/h3-10,13-14,26-28H,11-12H2,1-2H3/b4-3+. The van der Waals surface area contributed by atoms with Crippen LogP contribution < -0.4 is 14.2 Å². The molecule has 0 heterocycles. The third-order valence-corrected chi connectivity index (χ3v) is 4.84. The Morgan fingerprint density at radius 2 is 1.55 bits per heavy atom. The van der Waals surface area contributed by atoms with Crippen molar-refractivity contribution in [2.75, 3.05) is 26.7 Å². The van der Waals surface area contributed by atoms with E-state index >= 15 is 0 Å². The maximum absolute atomic E-state index is 11.0. The first-order valence-electron chi connectivity index (χ1n) is 9.44. The van der Waals surface area contributed by atoms with Crippen molar-refractivity contribution in [3.05, 3.63) is 60.7 Å². The minimum Gasteiger partial charge on any atom is -0.508 e. The van der Waals surface area contributed by atoms with E-state index in [0.29, 0.717) is 34.1 Å². The number of allylic oxidation sites excluding steroid dienone is 1. The van der Waals surface area contributed by atoms with Crippen LogP contribution in [0.5, 0.6) is 34.5 Å². The van der Waals surface area contributed by atoms with Gasteiger partial charge >= 0.3 is 0 Å². The maximum Gasteiger partial charge on any atom is 0.170 e. The van der Waals surface area contributed by atoms with Gasteiger partial charge in [-0.25, -0.2) is 0 Å². The van der Waals surface area contributed by atoms with E-state index in [1.165, 1.54) is 20.3 Å². The monoisotopic (exact) mass is 442 g/mol. The Balaban J connectivity index is 2.06. The zero-order chi connectivity index (χ0) is 22.4. The summed E-state index contributed by atoms with van der Waals surface area (Å²) in [6.45, 7) is 0.267.